The summed E-state index contributed by atoms with van der Waals surface area (Å²) in [5.41, 5.74) is 6.90. The fraction of sp³-hybridized carbons (Fsp3) is 0.267. The molecule has 1 unspecified atom stereocenters. The lowest BCUT2D eigenvalue weighted by Gasteiger charge is -2.13. The normalized spacial score (nSPS) is 16.6. The van der Waals surface area contributed by atoms with Gasteiger partial charge < -0.3 is 15.8 Å². The summed E-state index contributed by atoms with van der Waals surface area (Å²) in [6, 6.07) is 9.74. The van der Waals surface area contributed by atoms with Gasteiger partial charge in [0, 0.05) is 28.4 Å². The maximum absolute atomic E-state index is 6.22. The van der Waals surface area contributed by atoms with E-state index in [1.165, 1.54) is 4.88 Å². The lowest BCUT2D eigenvalue weighted by Crippen LogP contribution is -2.36. The van der Waals surface area contributed by atoms with Crippen LogP contribution in [0.5, 0.6) is 5.75 Å². The largest absolute Gasteiger partial charge is 0.491 e. The maximum atomic E-state index is 6.22. The third kappa shape index (κ3) is 4.05. The molecule has 0 amide bonds. The molecule has 118 valence electrons. The van der Waals surface area contributed by atoms with Crippen LogP contribution in [-0.4, -0.2) is 19.1 Å². The van der Waals surface area contributed by atoms with Crippen molar-refractivity contribution in [1.29, 1.82) is 0 Å². The van der Waals surface area contributed by atoms with Crippen LogP contribution in [0, 0.1) is 0 Å². The number of benzene rings is 1. The van der Waals surface area contributed by atoms with Crippen molar-refractivity contribution in [2.75, 3.05) is 13.2 Å². The van der Waals surface area contributed by atoms with E-state index in [0.717, 1.165) is 17.7 Å². The topological polar surface area (TPSA) is 59.6 Å². The number of aliphatic imine (C=N–C) groups is 1. The van der Waals surface area contributed by atoms with Crippen LogP contribution in [0.2, 0.25) is 5.02 Å². The fourth-order valence-electron chi connectivity index (χ4n) is 2.32. The second-order valence-corrected chi connectivity index (χ2v) is 6.20. The van der Waals surface area contributed by atoms with Crippen LogP contribution in [0.1, 0.15) is 16.5 Å². The van der Waals surface area contributed by atoms with E-state index in [-0.39, 0.29) is 30.0 Å². The zero-order valence-corrected chi connectivity index (χ0v) is 15.7. The Hall–Kier alpha value is -0.990. The van der Waals surface area contributed by atoms with Crippen LogP contribution < -0.4 is 15.8 Å². The summed E-state index contributed by atoms with van der Waals surface area (Å²) in [4.78, 5) is 5.67. The van der Waals surface area contributed by atoms with Gasteiger partial charge in [0.15, 0.2) is 5.96 Å². The number of hydrogen-bond donors (Lipinski definition) is 2. The number of halogens is 2. The van der Waals surface area contributed by atoms with E-state index < -0.39 is 0 Å². The van der Waals surface area contributed by atoms with Crippen molar-refractivity contribution in [2.45, 2.75) is 12.5 Å². The van der Waals surface area contributed by atoms with Crippen LogP contribution >= 0.6 is 46.9 Å². The quantitative estimate of drug-likeness (QED) is 0.426. The molecule has 0 saturated carbocycles. The highest BCUT2D eigenvalue weighted by Crippen LogP contribution is 2.37. The van der Waals surface area contributed by atoms with E-state index in [0.29, 0.717) is 24.1 Å². The minimum Gasteiger partial charge on any atom is -0.491 e. The van der Waals surface area contributed by atoms with Crippen molar-refractivity contribution in [1.82, 2.24) is 5.32 Å². The monoisotopic (exact) mass is 449 g/mol. The van der Waals surface area contributed by atoms with E-state index in [4.69, 9.17) is 22.1 Å². The molecule has 1 aromatic carbocycles. The molecule has 1 aliphatic rings. The molecule has 4 nitrogen and oxygen atoms in total. The van der Waals surface area contributed by atoms with Crippen molar-refractivity contribution in [3.63, 3.8) is 0 Å². The van der Waals surface area contributed by atoms with E-state index in [9.17, 15) is 0 Å². The van der Waals surface area contributed by atoms with E-state index in [2.05, 4.69) is 21.8 Å². The minimum absolute atomic E-state index is 0. The van der Waals surface area contributed by atoms with E-state index >= 15 is 0 Å². The van der Waals surface area contributed by atoms with Crippen molar-refractivity contribution in [3.8, 4) is 5.75 Å². The van der Waals surface area contributed by atoms with Gasteiger partial charge in [-0.2, -0.15) is 0 Å². The molecule has 7 heteroatoms. The molecule has 0 spiro atoms. The van der Waals surface area contributed by atoms with Crippen molar-refractivity contribution < 1.29 is 4.74 Å². The number of nitrogens with two attached hydrogens (primary N) is 1. The molecule has 0 fully saturated rings. The van der Waals surface area contributed by atoms with Gasteiger partial charge in [-0.15, -0.1) is 35.3 Å². The Bertz CT molecular complexity index is 648. The number of guanidine groups is 1. The van der Waals surface area contributed by atoms with Gasteiger partial charge >= 0.3 is 0 Å². The summed E-state index contributed by atoms with van der Waals surface area (Å²) in [5, 5.41) is 5.93. The molecule has 0 bridgehead atoms. The predicted molar refractivity (Wildman–Crippen MR) is 103 cm³/mol. The smallest absolute Gasteiger partial charge is 0.189 e. The Labute approximate surface area is 155 Å². The van der Waals surface area contributed by atoms with Crippen molar-refractivity contribution >= 4 is 52.9 Å². The molecule has 3 N–H and O–H groups in total. The molecule has 1 aromatic heterocycles. The first-order valence-electron chi connectivity index (χ1n) is 6.74. The van der Waals surface area contributed by atoms with Crippen molar-refractivity contribution in [3.05, 3.63) is 51.2 Å². The summed E-state index contributed by atoms with van der Waals surface area (Å²) < 4.78 is 5.60. The highest BCUT2D eigenvalue weighted by Gasteiger charge is 2.26. The number of rotatable bonds is 4. The standard InChI is InChI=1S/C15H16ClN3OS.HI/c16-11-4-1-5-13-14(11)12(9-20-13)19-15(17)18-7-6-10-3-2-8-21-10;/h1-5,8,12H,6-7,9H2,(H3,17,18,19);1H. The zero-order chi connectivity index (χ0) is 14.7. The van der Waals surface area contributed by atoms with Gasteiger partial charge in [-0.05, 0) is 23.6 Å². The highest BCUT2D eigenvalue weighted by molar-refractivity contribution is 14.0. The molecule has 0 aliphatic carbocycles. The van der Waals surface area contributed by atoms with Crippen LogP contribution in [0.25, 0.3) is 0 Å². The summed E-state index contributed by atoms with van der Waals surface area (Å²) in [5.74, 6) is 1.24. The summed E-state index contributed by atoms with van der Waals surface area (Å²) in [6.07, 6.45) is 0.901. The molecule has 22 heavy (non-hydrogen) atoms. The third-order valence-corrected chi connectivity index (χ3v) is 4.58. The zero-order valence-electron chi connectivity index (χ0n) is 11.8. The first kappa shape index (κ1) is 17.4. The van der Waals surface area contributed by atoms with Gasteiger partial charge in [0.25, 0.3) is 0 Å². The molecular formula is C15H17ClIN3OS. The predicted octanol–water partition coefficient (Wildman–Crippen LogP) is 3.60. The SMILES string of the molecule is I.NC(=NCCc1cccs1)NC1COc2cccc(Cl)c21. The first-order valence-corrected chi connectivity index (χ1v) is 8.00. The fourth-order valence-corrected chi connectivity index (χ4v) is 3.31. The lowest BCUT2D eigenvalue weighted by atomic mass is 10.1. The summed E-state index contributed by atoms with van der Waals surface area (Å²) in [7, 11) is 0. The number of fused-ring (bicyclic) bond motifs is 1. The minimum atomic E-state index is -0.0424. The Morgan fingerprint density at radius 2 is 2.27 bits per heavy atom. The molecular weight excluding hydrogens is 433 g/mol. The van der Waals surface area contributed by atoms with Gasteiger partial charge in [0.05, 0.1) is 6.04 Å². The second kappa shape index (κ2) is 8.03. The van der Waals surface area contributed by atoms with Gasteiger partial charge in [-0.3, -0.25) is 4.99 Å². The van der Waals surface area contributed by atoms with Crippen LogP contribution in [-0.2, 0) is 6.42 Å². The van der Waals surface area contributed by atoms with Gasteiger partial charge in [0.1, 0.15) is 12.4 Å². The molecule has 0 saturated heterocycles. The molecule has 0 radical (unpaired) electrons. The van der Waals surface area contributed by atoms with Gasteiger partial charge in [0.2, 0.25) is 0 Å². The molecule has 3 rings (SSSR count). The number of nitrogens with zero attached hydrogens (tertiary/aromatic N) is 1. The molecule has 2 aromatic rings. The third-order valence-electron chi connectivity index (χ3n) is 3.31. The molecule has 1 aliphatic heterocycles. The number of hydrogen-bond acceptors (Lipinski definition) is 3. The maximum Gasteiger partial charge on any atom is 0.189 e. The number of thiophene rings is 1. The van der Waals surface area contributed by atoms with E-state index in [1.807, 2.05) is 24.3 Å². The van der Waals surface area contributed by atoms with Crippen LogP contribution in [0.3, 0.4) is 0 Å². The van der Waals surface area contributed by atoms with Crippen molar-refractivity contribution in [2.24, 2.45) is 10.7 Å². The summed E-state index contributed by atoms with van der Waals surface area (Å²) >= 11 is 7.95. The van der Waals surface area contributed by atoms with Gasteiger partial charge in [-0.25, -0.2) is 0 Å². The van der Waals surface area contributed by atoms with Gasteiger partial charge in [-0.1, -0.05) is 23.7 Å². The Balaban J connectivity index is 0.00000176. The highest BCUT2D eigenvalue weighted by atomic mass is 127. The Morgan fingerprint density at radius 3 is 3.05 bits per heavy atom. The lowest BCUT2D eigenvalue weighted by molar-refractivity contribution is 0.324. The molecule has 2 heterocycles. The molecule has 1 atom stereocenters. The summed E-state index contributed by atoms with van der Waals surface area (Å²) in [6.45, 7) is 1.18. The number of nitrogens with one attached hydrogen (secondary N) is 1. The Kier molecular flexibility index (Phi) is 6.34. The van der Waals surface area contributed by atoms with Crippen LogP contribution in [0.15, 0.2) is 40.7 Å². The first-order chi connectivity index (χ1) is 10.2. The van der Waals surface area contributed by atoms with Crippen LogP contribution in [0.4, 0.5) is 0 Å². The number of ether oxygens (including phenoxy) is 1. The second-order valence-electron chi connectivity index (χ2n) is 4.76. The Morgan fingerprint density at radius 1 is 1.41 bits per heavy atom. The van der Waals surface area contributed by atoms with E-state index in [1.54, 1.807) is 11.3 Å². The average molecular weight is 450 g/mol. The average Bonchev–Trinajstić information content (AvgIpc) is 3.10.